The van der Waals surface area contributed by atoms with Crippen LogP contribution in [0.5, 0.6) is 0 Å². The number of benzene rings is 1. The van der Waals surface area contributed by atoms with Crippen LogP contribution in [0.25, 0.3) is 0 Å². The van der Waals surface area contributed by atoms with Crippen LogP contribution in [0.2, 0.25) is 0 Å². The molecule has 15 heavy (non-hydrogen) atoms. The lowest BCUT2D eigenvalue weighted by molar-refractivity contribution is 0.763. The molecule has 1 aromatic carbocycles. The molecule has 1 nitrogen and oxygen atoms in total. The molecule has 1 fully saturated rings. The quantitative estimate of drug-likeness (QED) is 0.730. The molecule has 1 aromatic rings. The van der Waals surface area contributed by atoms with Gasteiger partial charge in [0.1, 0.15) is 0 Å². The zero-order valence-corrected chi connectivity index (χ0v) is 10.8. The third kappa shape index (κ3) is 2.75. The van der Waals surface area contributed by atoms with Gasteiger partial charge in [-0.3, -0.25) is 0 Å². The van der Waals surface area contributed by atoms with E-state index in [-0.39, 0.29) is 0 Å². The smallest absolute Gasteiger partial charge is 0.0368 e. The van der Waals surface area contributed by atoms with Crippen LogP contribution in [-0.4, -0.2) is 12.6 Å². The molecule has 0 aliphatic heterocycles. The molecule has 2 heteroatoms. The van der Waals surface area contributed by atoms with Gasteiger partial charge < -0.3 is 4.90 Å². The maximum absolute atomic E-state index is 3.48. The Labute approximate surface area is 101 Å². The van der Waals surface area contributed by atoms with Crippen LogP contribution in [0.15, 0.2) is 24.3 Å². The van der Waals surface area contributed by atoms with Crippen molar-refractivity contribution in [1.29, 1.82) is 0 Å². The summed E-state index contributed by atoms with van der Waals surface area (Å²) in [6.07, 6.45) is 3.98. The first kappa shape index (κ1) is 11.0. The van der Waals surface area contributed by atoms with E-state index < -0.39 is 0 Å². The summed E-state index contributed by atoms with van der Waals surface area (Å²) in [7, 11) is 0. The molecule has 0 radical (unpaired) electrons. The molecule has 0 bridgehead atoms. The number of rotatable bonds is 5. The molecule has 0 amide bonds. The maximum Gasteiger partial charge on any atom is 0.0368 e. The number of halogens is 1. The molecule has 0 spiro atoms. The second-order valence-electron chi connectivity index (χ2n) is 4.22. The Morgan fingerprint density at radius 2 is 1.93 bits per heavy atom. The van der Waals surface area contributed by atoms with E-state index in [1.165, 1.54) is 37.1 Å². The summed E-state index contributed by atoms with van der Waals surface area (Å²) < 4.78 is 0. The highest BCUT2D eigenvalue weighted by Crippen LogP contribution is 2.31. The Kier molecular flexibility index (Phi) is 3.68. The zero-order chi connectivity index (χ0) is 10.7. The van der Waals surface area contributed by atoms with Crippen LogP contribution in [-0.2, 0) is 5.33 Å². The highest BCUT2D eigenvalue weighted by Gasteiger charge is 2.28. The Morgan fingerprint density at radius 3 is 2.40 bits per heavy atom. The summed E-state index contributed by atoms with van der Waals surface area (Å²) in [5, 5.41) is 0.949. The Morgan fingerprint density at radius 1 is 1.27 bits per heavy atom. The number of hydrogen-bond donors (Lipinski definition) is 0. The summed E-state index contributed by atoms with van der Waals surface area (Å²) in [5.74, 6) is 0. The van der Waals surface area contributed by atoms with E-state index in [0.29, 0.717) is 0 Å². The third-order valence-corrected chi connectivity index (χ3v) is 3.52. The van der Waals surface area contributed by atoms with E-state index in [4.69, 9.17) is 0 Å². The van der Waals surface area contributed by atoms with Crippen LogP contribution in [0, 0.1) is 0 Å². The number of nitrogens with zero attached hydrogens (tertiary/aromatic N) is 1. The Balaban J connectivity index is 2.10. The van der Waals surface area contributed by atoms with Crippen molar-refractivity contribution in [2.24, 2.45) is 0 Å². The van der Waals surface area contributed by atoms with Gasteiger partial charge in [-0.2, -0.15) is 0 Å². The molecular formula is C13H18BrN. The lowest BCUT2D eigenvalue weighted by Gasteiger charge is -2.24. The Hall–Kier alpha value is -0.500. The predicted octanol–water partition coefficient (Wildman–Crippen LogP) is 3.96. The van der Waals surface area contributed by atoms with E-state index in [0.717, 1.165) is 11.4 Å². The van der Waals surface area contributed by atoms with E-state index >= 15 is 0 Å². The second-order valence-corrected chi connectivity index (χ2v) is 4.79. The fourth-order valence-corrected chi connectivity index (χ4v) is 2.30. The van der Waals surface area contributed by atoms with Gasteiger partial charge in [0.05, 0.1) is 0 Å². The molecule has 0 N–H and O–H groups in total. The molecule has 0 saturated heterocycles. The number of alkyl halides is 1. The van der Waals surface area contributed by atoms with Gasteiger partial charge in [-0.25, -0.2) is 0 Å². The van der Waals surface area contributed by atoms with Gasteiger partial charge in [0.15, 0.2) is 0 Å². The first-order chi connectivity index (χ1) is 7.35. The average molecular weight is 268 g/mol. The minimum absolute atomic E-state index is 0.819. The van der Waals surface area contributed by atoms with Gasteiger partial charge in [-0.15, -0.1) is 0 Å². The van der Waals surface area contributed by atoms with Crippen molar-refractivity contribution in [1.82, 2.24) is 0 Å². The largest absolute Gasteiger partial charge is 0.369 e. The van der Waals surface area contributed by atoms with Crippen LogP contribution in [0.3, 0.4) is 0 Å². The summed E-state index contributed by atoms with van der Waals surface area (Å²) in [6, 6.07) is 9.76. The SMILES string of the molecule is CCCN(c1ccc(CBr)cc1)C1CC1. The van der Waals surface area contributed by atoms with Crippen LogP contribution in [0.1, 0.15) is 31.7 Å². The molecule has 1 aliphatic rings. The van der Waals surface area contributed by atoms with Crippen molar-refractivity contribution >= 4 is 21.6 Å². The third-order valence-electron chi connectivity index (χ3n) is 2.87. The highest BCUT2D eigenvalue weighted by molar-refractivity contribution is 9.08. The van der Waals surface area contributed by atoms with Crippen molar-refractivity contribution in [3.63, 3.8) is 0 Å². The van der Waals surface area contributed by atoms with Crippen LogP contribution in [0.4, 0.5) is 5.69 Å². The molecular weight excluding hydrogens is 250 g/mol. The zero-order valence-electron chi connectivity index (χ0n) is 9.25. The standard InChI is InChI=1S/C13H18BrN/c1-2-9-15(13-7-8-13)12-5-3-11(10-14)4-6-12/h3-6,13H,2,7-10H2,1H3. The first-order valence-electron chi connectivity index (χ1n) is 5.76. The fraction of sp³-hybridized carbons (Fsp3) is 0.538. The lowest BCUT2D eigenvalue weighted by atomic mass is 10.2. The summed E-state index contributed by atoms with van der Waals surface area (Å²) in [4.78, 5) is 2.55. The van der Waals surface area contributed by atoms with Gasteiger partial charge in [-0.1, -0.05) is 35.0 Å². The molecule has 2 rings (SSSR count). The summed E-state index contributed by atoms with van der Waals surface area (Å²) in [6.45, 7) is 3.44. The fourth-order valence-electron chi connectivity index (χ4n) is 1.93. The topological polar surface area (TPSA) is 3.24 Å². The molecule has 0 aromatic heterocycles. The predicted molar refractivity (Wildman–Crippen MR) is 69.7 cm³/mol. The molecule has 0 heterocycles. The van der Waals surface area contributed by atoms with Crippen molar-refractivity contribution in [2.45, 2.75) is 37.6 Å². The van der Waals surface area contributed by atoms with Gasteiger partial charge in [-0.05, 0) is 37.0 Å². The van der Waals surface area contributed by atoms with E-state index in [9.17, 15) is 0 Å². The van der Waals surface area contributed by atoms with Gasteiger partial charge in [0, 0.05) is 23.6 Å². The minimum Gasteiger partial charge on any atom is -0.369 e. The molecule has 82 valence electrons. The van der Waals surface area contributed by atoms with Crippen molar-refractivity contribution in [3.05, 3.63) is 29.8 Å². The molecule has 1 aliphatic carbocycles. The van der Waals surface area contributed by atoms with E-state index in [1.54, 1.807) is 0 Å². The van der Waals surface area contributed by atoms with Gasteiger partial charge >= 0.3 is 0 Å². The Bertz CT molecular complexity index is 303. The minimum atomic E-state index is 0.819. The summed E-state index contributed by atoms with van der Waals surface area (Å²) in [5.41, 5.74) is 2.75. The monoisotopic (exact) mass is 267 g/mol. The molecule has 1 saturated carbocycles. The maximum atomic E-state index is 3.48. The molecule has 0 atom stereocenters. The van der Waals surface area contributed by atoms with Crippen LogP contribution < -0.4 is 4.90 Å². The van der Waals surface area contributed by atoms with Gasteiger partial charge in [0.25, 0.3) is 0 Å². The normalized spacial score (nSPS) is 15.3. The van der Waals surface area contributed by atoms with Crippen molar-refractivity contribution in [3.8, 4) is 0 Å². The van der Waals surface area contributed by atoms with Crippen molar-refractivity contribution in [2.75, 3.05) is 11.4 Å². The van der Waals surface area contributed by atoms with E-state index in [1.807, 2.05) is 0 Å². The first-order valence-corrected chi connectivity index (χ1v) is 6.89. The lowest BCUT2D eigenvalue weighted by Crippen LogP contribution is -2.26. The average Bonchev–Trinajstić information content (AvgIpc) is 3.10. The molecule has 0 unspecified atom stereocenters. The summed E-state index contributed by atoms with van der Waals surface area (Å²) >= 11 is 3.48. The van der Waals surface area contributed by atoms with Crippen molar-refractivity contribution < 1.29 is 0 Å². The van der Waals surface area contributed by atoms with E-state index in [2.05, 4.69) is 52.0 Å². The van der Waals surface area contributed by atoms with Gasteiger partial charge in [0.2, 0.25) is 0 Å². The van der Waals surface area contributed by atoms with Crippen LogP contribution >= 0.6 is 15.9 Å². The number of hydrogen-bond acceptors (Lipinski definition) is 1. The highest BCUT2D eigenvalue weighted by atomic mass is 79.9. The second kappa shape index (κ2) is 5.02. The number of anilines is 1.